The van der Waals surface area contributed by atoms with Crippen molar-refractivity contribution in [3.05, 3.63) is 42.4 Å². The van der Waals surface area contributed by atoms with Crippen LogP contribution in [0.25, 0.3) is 11.3 Å². The molecule has 2 N–H and O–H groups in total. The largest absolute Gasteiger partial charge is 0.433 e. The minimum Gasteiger partial charge on any atom is -0.397 e. The van der Waals surface area contributed by atoms with Crippen molar-refractivity contribution >= 4 is 5.69 Å². The SMILES string of the molecule is Nc1ccc(C(F)(F)F)nc1-c1ccncc1. The Labute approximate surface area is 95.1 Å². The molecule has 0 fully saturated rings. The molecule has 0 aliphatic rings. The molecule has 0 saturated heterocycles. The van der Waals surface area contributed by atoms with Gasteiger partial charge in [0.25, 0.3) is 0 Å². The molecule has 0 saturated carbocycles. The van der Waals surface area contributed by atoms with Crippen molar-refractivity contribution in [1.29, 1.82) is 0 Å². The average molecular weight is 239 g/mol. The molecular formula is C11H8F3N3. The van der Waals surface area contributed by atoms with Crippen LogP contribution in [0.3, 0.4) is 0 Å². The maximum absolute atomic E-state index is 12.5. The highest BCUT2D eigenvalue weighted by molar-refractivity contribution is 5.72. The van der Waals surface area contributed by atoms with E-state index in [1.54, 1.807) is 12.1 Å². The number of alkyl halides is 3. The van der Waals surface area contributed by atoms with Crippen LogP contribution in [0.2, 0.25) is 0 Å². The Morgan fingerprint density at radius 3 is 2.24 bits per heavy atom. The molecule has 0 bridgehead atoms. The lowest BCUT2D eigenvalue weighted by Crippen LogP contribution is -2.09. The monoisotopic (exact) mass is 239 g/mol. The Morgan fingerprint density at radius 2 is 1.65 bits per heavy atom. The number of anilines is 1. The topological polar surface area (TPSA) is 51.8 Å². The number of rotatable bonds is 1. The second-order valence-electron chi connectivity index (χ2n) is 3.37. The number of hydrogen-bond donors (Lipinski definition) is 1. The lowest BCUT2D eigenvalue weighted by molar-refractivity contribution is -0.141. The summed E-state index contributed by atoms with van der Waals surface area (Å²) in [4.78, 5) is 7.32. The fourth-order valence-corrected chi connectivity index (χ4v) is 1.37. The molecule has 2 aromatic heterocycles. The maximum atomic E-state index is 12.5. The summed E-state index contributed by atoms with van der Waals surface area (Å²) < 4.78 is 37.5. The van der Waals surface area contributed by atoms with E-state index in [4.69, 9.17) is 5.73 Å². The van der Waals surface area contributed by atoms with E-state index >= 15 is 0 Å². The van der Waals surface area contributed by atoms with E-state index in [1.165, 1.54) is 18.5 Å². The van der Waals surface area contributed by atoms with Gasteiger partial charge in [0, 0.05) is 18.0 Å². The Bertz CT molecular complexity index is 523. The highest BCUT2D eigenvalue weighted by atomic mass is 19.4. The first-order valence-electron chi connectivity index (χ1n) is 4.72. The van der Waals surface area contributed by atoms with Crippen LogP contribution < -0.4 is 5.73 Å². The van der Waals surface area contributed by atoms with Gasteiger partial charge < -0.3 is 5.73 Å². The van der Waals surface area contributed by atoms with E-state index < -0.39 is 11.9 Å². The normalized spacial score (nSPS) is 11.5. The van der Waals surface area contributed by atoms with E-state index in [-0.39, 0.29) is 11.4 Å². The summed E-state index contributed by atoms with van der Waals surface area (Å²) in [5.41, 5.74) is 5.47. The summed E-state index contributed by atoms with van der Waals surface area (Å²) in [7, 11) is 0. The lowest BCUT2D eigenvalue weighted by atomic mass is 10.1. The van der Waals surface area contributed by atoms with Crippen LogP contribution in [0.5, 0.6) is 0 Å². The molecule has 0 atom stereocenters. The van der Waals surface area contributed by atoms with E-state index in [1.807, 2.05) is 0 Å². The summed E-state index contributed by atoms with van der Waals surface area (Å²) >= 11 is 0. The first-order chi connectivity index (χ1) is 7.98. The van der Waals surface area contributed by atoms with E-state index in [9.17, 15) is 13.2 Å². The zero-order valence-corrected chi connectivity index (χ0v) is 8.57. The van der Waals surface area contributed by atoms with E-state index in [0.29, 0.717) is 5.56 Å². The molecule has 2 aromatic rings. The molecule has 0 aliphatic carbocycles. The summed E-state index contributed by atoms with van der Waals surface area (Å²) in [6.45, 7) is 0. The third-order valence-electron chi connectivity index (χ3n) is 2.17. The first kappa shape index (κ1) is 11.4. The molecule has 0 amide bonds. The highest BCUT2D eigenvalue weighted by Gasteiger charge is 2.32. The Kier molecular flexibility index (Phi) is 2.71. The molecule has 88 valence electrons. The van der Waals surface area contributed by atoms with Gasteiger partial charge in [0.15, 0.2) is 0 Å². The molecule has 3 nitrogen and oxygen atoms in total. The van der Waals surface area contributed by atoms with Crippen LogP contribution in [0.1, 0.15) is 5.69 Å². The fraction of sp³-hybridized carbons (Fsp3) is 0.0909. The predicted octanol–water partition coefficient (Wildman–Crippen LogP) is 2.74. The highest BCUT2D eigenvalue weighted by Crippen LogP contribution is 2.31. The second kappa shape index (κ2) is 4.04. The molecule has 0 unspecified atom stereocenters. The van der Waals surface area contributed by atoms with Gasteiger partial charge in [0.1, 0.15) is 5.69 Å². The molecule has 6 heteroatoms. The standard InChI is InChI=1S/C11H8F3N3/c12-11(13,14)9-2-1-8(15)10(17-9)7-3-5-16-6-4-7/h1-6H,15H2. The van der Waals surface area contributed by atoms with Crippen LogP contribution in [0.15, 0.2) is 36.7 Å². The van der Waals surface area contributed by atoms with Crippen LogP contribution in [-0.4, -0.2) is 9.97 Å². The molecule has 0 radical (unpaired) electrons. The first-order valence-corrected chi connectivity index (χ1v) is 4.72. The van der Waals surface area contributed by atoms with Crippen LogP contribution in [-0.2, 0) is 6.18 Å². The van der Waals surface area contributed by atoms with Crippen LogP contribution in [0.4, 0.5) is 18.9 Å². The summed E-state index contributed by atoms with van der Waals surface area (Å²) in [5, 5.41) is 0. The van der Waals surface area contributed by atoms with Gasteiger partial charge in [-0.1, -0.05) is 0 Å². The van der Waals surface area contributed by atoms with Crippen molar-refractivity contribution in [3.63, 3.8) is 0 Å². The van der Waals surface area contributed by atoms with Crippen molar-refractivity contribution in [1.82, 2.24) is 9.97 Å². The Morgan fingerprint density at radius 1 is 1.00 bits per heavy atom. The molecular weight excluding hydrogens is 231 g/mol. The molecule has 0 aliphatic heterocycles. The molecule has 0 spiro atoms. The molecule has 0 aromatic carbocycles. The molecule has 2 rings (SSSR count). The third-order valence-corrected chi connectivity index (χ3v) is 2.17. The van der Waals surface area contributed by atoms with Crippen molar-refractivity contribution in [2.24, 2.45) is 0 Å². The Hall–Kier alpha value is -2.11. The van der Waals surface area contributed by atoms with Gasteiger partial charge in [-0.2, -0.15) is 13.2 Å². The number of nitrogens with two attached hydrogens (primary N) is 1. The number of nitrogens with zero attached hydrogens (tertiary/aromatic N) is 2. The van der Waals surface area contributed by atoms with Crippen molar-refractivity contribution in [2.45, 2.75) is 6.18 Å². The van der Waals surface area contributed by atoms with E-state index in [2.05, 4.69) is 9.97 Å². The number of aromatic nitrogens is 2. The minimum atomic E-state index is -4.48. The van der Waals surface area contributed by atoms with Gasteiger partial charge in [0.2, 0.25) is 0 Å². The zero-order valence-electron chi connectivity index (χ0n) is 8.57. The van der Waals surface area contributed by atoms with Crippen molar-refractivity contribution < 1.29 is 13.2 Å². The second-order valence-corrected chi connectivity index (χ2v) is 3.37. The smallest absolute Gasteiger partial charge is 0.397 e. The third kappa shape index (κ3) is 2.35. The molecule has 2 heterocycles. The summed E-state index contributed by atoms with van der Waals surface area (Å²) in [6, 6.07) is 5.17. The minimum absolute atomic E-state index is 0.113. The van der Waals surface area contributed by atoms with Gasteiger partial charge in [-0.25, -0.2) is 4.98 Å². The van der Waals surface area contributed by atoms with Crippen LogP contribution >= 0.6 is 0 Å². The maximum Gasteiger partial charge on any atom is 0.433 e. The van der Waals surface area contributed by atoms with Crippen molar-refractivity contribution in [3.8, 4) is 11.3 Å². The fourth-order valence-electron chi connectivity index (χ4n) is 1.37. The predicted molar refractivity (Wildman–Crippen MR) is 56.9 cm³/mol. The lowest BCUT2D eigenvalue weighted by Gasteiger charge is -2.09. The zero-order chi connectivity index (χ0) is 12.5. The van der Waals surface area contributed by atoms with Gasteiger partial charge in [-0.3, -0.25) is 4.98 Å². The van der Waals surface area contributed by atoms with Crippen molar-refractivity contribution in [2.75, 3.05) is 5.73 Å². The number of pyridine rings is 2. The number of halogens is 3. The van der Waals surface area contributed by atoms with Gasteiger partial charge in [-0.15, -0.1) is 0 Å². The number of nitrogen functional groups attached to an aromatic ring is 1. The van der Waals surface area contributed by atoms with Gasteiger partial charge in [0.05, 0.1) is 11.4 Å². The summed E-state index contributed by atoms with van der Waals surface area (Å²) in [6.07, 6.45) is -1.54. The average Bonchev–Trinajstić information content (AvgIpc) is 2.29. The summed E-state index contributed by atoms with van der Waals surface area (Å²) in [5.74, 6) is 0. The molecule has 17 heavy (non-hydrogen) atoms. The van der Waals surface area contributed by atoms with Crippen LogP contribution in [0, 0.1) is 0 Å². The number of hydrogen-bond acceptors (Lipinski definition) is 3. The van der Waals surface area contributed by atoms with Gasteiger partial charge >= 0.3 is 6.18 Å². The quantitative estimate of drug-likeness (QED) is 0.832. The Balaban J connectivity index is 2.55. The van der Waals surface area contributed by atoms with Gasteiger partial charge in [-0.05, 0) is 24.3 Å². The van der Waals surface area contributed by atoms with E-state index in [0.717, 1.165) is 6.07 Å².